The molecule has 2 aromatic rings. The highest BCUT2D eigenvalue weighted by Crippen LogP contribution is 2.22. The molecule has 0 fully saturated rings. The van der Waals surface area contributed by atoms with Crippen molar-refractivity contribution in [2.45, 2.75) is 44.7 Å². The zero-order valence-electron chi connectivity index (χ0n) is 13.2. The van der Waals surface area contributed by atoms with Crippen molar-refractivity contribution in [1.82, 2.24) is 10.2 Å². The third-order valence-electron chi connectivity index (χ3n) is 3.54. The standard InChI is InChI=1S/C15H21N3O3S/c1-9(2)13(16)14-17-18-15(21-14)22(19,20)8-12-7-10(3)5-6-11(12)4/h5-7,9,13H,8,16H2,1-4H3. The van der Waals surface area contributed by atoms with Gasteiger partial charge in [0, 0.05) is 0 Å². The van der Waals surface area contributed by atoms with E-state index in [1.807, 2.05) is 45.9 Å². The van der Waals surface area contributed by atoms with Crippen LogP contribution >= 0.6 is 0 Å². The molecular weight excluding hydrogens is 302 g/mol. The lowest BCUT2D eigenvalue weighted by Crippen LogP contribution is -2.17. The molecule has 6 nitrogen and oxygen atoms in total. The molecule has 0 aliphatic carbocycles. The summed E-state index contributed by atoms with van der Waals surface area (Å²) in [5.74, 6) is 0.0588. The van der Waals surface area contributed by atoms with E-state index in [0.717, 1.165) is 16.7 Å². The molecule has 0 saturated heterocycles. The first-order chi connectivity index (χ1) is 10.2. The first-order valence-corrected chi connectivity index (χ1v) is 8.74. The molecule has 1 aromatic carbocycles. The van der Waals surface area contributed by atoms with Crippen LogP contribution < -0.4 is 5.73 Å². The number of rotatable bonds is 5. The molecular formula is C15H21N3O3S. The Balaban J connectivity index is 2.29. The predicted molar refractivity (Wildman–Crippen MR) is 82.9 cm³/mol. The minimum Gasteiger partial charge on any atom is -0.411 e. The second-order valence-electron chi connectivity index (χ2n) is 5.87. The van der Waals surface area contributed by atoms with Crippen LogP contribution in [0, 0.1) is 19.8 Å². The number of sulfone groups is 1. The number of benzene rings is 1. The maximum atomic E-state index is 12.4. The lowest BCUT2D eigenvalue weighted by Gasteiger charge is -2.09. The van der Waals surface area contributed by atoms with Crippen LogP contribution in [0.1, 0.15) is 42.5 Å². The monoisotopic (exact) mass is 323 g/mol. The first kappa shape index (κ1) is 16.6. The molecule has 1 atom stereocenters. The lowest BCUT2D eigenvalue weighted by atomic mass is 10.1. The van der Waals surface area contributed by atoms with Crippen LogP contribution in [0.15, 0.2) is 27.8 Å². The molecule has 120 valence electrons. The van der Waals surface area contributed by atoms with Crippen LogP contribution in [0.4, 0.5) is 0 Å². The van der Waals surface area contributed by atoms with Gasteiger partial charge in [0.1, 0.15) is 0 Å². The molecule has 0 aliphatic rings. The van der Waals surface area contributed by atoms with Gasteiger partial charge in [-0.1, -0.05) is 42.7 Å². The second kappa shape index (κ2) is 6.18. The van der Waals surface area contributed by atoms with Crippen LogP contribution in [0.5, 0.6) is 0 Å². The van der Waals surface area contributed by atoms with Crippen molar-refractivity contribution in [3.8, 4) is 0 Å². The third-order valence-corrected chi connectivity index (χ3v) is 4.93. The highest BCUT2D eigenvalue weighted by Gasteiger charge is 2.26. The van der Waals surface area contributed by atoms with Gasteiger partial charge in [-0.05, 0) is 30.9 Å². The lowest BCUT2D eigenvalue weighted by molar-refractivity contribution is 0.341. The number of hydrogen-bond donors (Lipinski definition) is 1. The van der Waals surface area contributed by atoms with Gasteiger partial charge in [-0.3, -0.25) is 0 Å². The van der Waals surface area contributed by atoms with E-state index >= 15 is 0 Å². The van der Waals surface area contributed by atoms with Gasteiger partial charge in [0.2, 0.25) is 15.7 Å². The van der Waals surface area contributed by atoms with E-state index in [9.17, 15) is 8.42 Å². The summed E-state index contributed by atoms with van der Waals surface area (Å²) < 4.78 is 30.1. The minimum absolute atomic E-state index is 0.0787. The van der Waals surface area contributed by atoms with E-state index in [4.69, 9.17) is 10.2 Å². The zero-order valence-corrected chi connectivity index (χ0v) is 14.0. The molecule has 0 aliphatic heterocycles. The van der Waals surface area contributed by atoms with Crippen molar-refractivity contribution < 1.29 is 12.8 Å². The normalized spacial score (nSPS) is 13.5. The maximum Gasteiger partial charge on any atom is 0.335 e. The summed E-state index contributed by atoms with van der Waals surface area (Å²) >= 11 is 0. The van der Waals surface area contributed by atoms with Gasteiger partial charge in [0.25, 0.3) is 0 Å². The predicted octanol–water partition coefficient (Wildman–Crippen LogP) is 2.32. The van der Waals surface area contributed by atoms with Gasteiger partial charge in [-0.2, -0.15) is 0 Å². The summed E-state index contributed by atoms with van der Waals surface area (Å²) in [5.41, 5.74) is 8.54. The molecule has 2 rings (SSSR count). The van der Waals surface area contributed by atoms with Crippen LogP contribution in [0.3, 0.4) is 0 Å². The minimum atomic E-state index is -3.69. The summed E-state index contributed by atoms with van der Waals surface area (Å²) in [4.78, 5) is 0. The number of hydrogen-bond acceptors (Lipinski definition) is 6. The van der Waals surface area contributed by atoms with Gasteiger partial charge in [0.15, 0.2) is 0 Å². The van der Waals surface area contributed by atoms with E-state index in [1.54, 1.807) is 0 Å². The van der Waals surface area contributed by atoms with E-state index in [1.165, 1.54) is 0 Å². The van der Waals surface area contributed by atoms with Crippen LogP contribution in [0.25, 0.3) is 0 Å². The highest BCUT2D eigenvalue weighted by molar-refractivity contribution is 7.90. The van der Waals surface area contributed by atoms with Crippen LogP contribution in [-0.2, 0) is 15.6 Å². The van der Waals surface area contributed by atoms with Crippen molar-refractivity contribution in [2.24, 2.45) is 11.7 Å². The third kappa shape index (κ3) is 3.53. The number of nitrogens with zero attached hydrogens (tertiary/aromatic N) is 2. The molecule has 1 unspecified atom stereocenters. The molecule has 0 amide bonds. The van der Waals surface area contributed by atoms with Crippen molar-refractivity contribution in [3.63, 3.8) is 0 Å². The smallest absolute Gasteiger partial charge is 0.335 e. The molecule has 1 heterocycles. The number of aromatic nitrogens is 2. The fourth-order valence-corrected chi connectivity index (χ4v) is 3.21. The molecule has 0 spiro atoms. The Morgan fingerprint density at radius 1 is 1.23 bits per heavy atom. The Morgan fingerprint density at radius 2 is 1.91 bits per heavy atom. The van der Waals surface area contributed by atoms with Crippen molar-refractivity contribution in [1.29, 1.82) is 0 Å². The summed E-state index contributed by atoms with van der Waals surface area (Å²) in [5, 5.41) is 7.04. The Hall–Kier alpha value is -1.73. The summed E-state index contributed by atoms with van der Waals surface area (Å²) in [7, 11) is -3.69. The summed E-state index contributed by atoms with van der Waals surface area (Å²) in [6.07, 6.45) is 0. The second-order valence-corrected chi connectivity index (χ2v) is 7.73. The topological polar surface area (TPSA) is 99.1 Å². The van der Waals surface area contributed by atoms with Gasteiger partial charge in [-0.15, -0.1) is 5.10 Å². The fraction of sp³-hybridized carbons (Fsp3) is 0.467. The van der Waals surface area contributed by atoms with E-state index in [0.29, 0.717) is 0 Å². The van der Waals surface area contributed by atoms with Gasteiger partial charge >= 0.3 is 5.22 Å². The quantitative estimate of drug-likeness (QED) is 0.906. The molecule has 0 bridgehead atoms. The Kier molecular flexibility index (Phi) is 4.67. The number of aryl methyl sites for hydroxylation is 2. The van der Waals surface area contributed by atoms with Crippen molar-refractivity contribution in [2.75, 3.05) is 0 Å². The molecule has 0 saturated carbocycles. The average Bonchev–Trinajstić information content (AvgIpc) is 2.92. The Bertz CT molecular complexity index is 766. The molecule has 7 heteroatoms. The van der Waals surface area contributed by atoms with E-state index < -0.39 is 15.9 Å². The molecule has 0 radical (unpaired) electrons. The SMILES string of the molecule is Cc1ccc(C)c(CS(=O)(=O)c2nnc(C(N)C(C)C)o2)c1. The average molecular weight is 323 g/mol. The van der Waals surface area contributed by atoms with Gasteiger partial charge in [0.05, 0.1) is 11.8 Å². The molecule has 22 heavy (non-hydrogen) atoms. The van der Waals surface area contributed by atoms with Crippen LogP contribution in [-0.4, -0.2) is 18.6 Å². The Labute approximate surface area is 130 Å². The van der Waals surface area contributed by atoms with Gasteiger partial charge in [-0.25, -0.2) is 8.42 Å². The highest BCUT2D eigenvalue weighted by atomic mass is 32.2. The summed E-state index contributed by atoms with van der Waals surface area (Å²) in [6, 6.07) is 5.22. The summed E-state index contributed by atoms with van der Waals surface area (Å²) in [6.45, 7) is 7.60. The largest absolute Gasteiger partial charge is 0.411 e. The number of nitrogens with two attached hydrogens (primary N) is 1. The van der Waals surface area contributed by atoms with Crippen LogP contribution in [0.2, 0.25) is 0 Å². The first-order valence-electron chi connectivity index (χ1n) is 7.08. The fourth-order valence-electron chi connectivity index (χ4n) is 1.99. The Morgan fingerprint density at radius 3 is 2.55 bits per heavy atom. The molecule has 1 aromatic heterocycles. The van der Waals surface area contributed by atoms with Gasteiger partial charge < -0.3 is 10.2 Å². The molecule has 2 N–H and O–H groups in total. The van der Waals surface area contributed by atoms with Crippen molar-refractivity contribution >= 4 is 9.84 Å². The van der Waals surface area contributed by atoms with Crippen molar-refractivity contribution in [3.05, 3.63) is 40.8 Å². The zero-order chi connectivity index (χ0) is 16.5. The van der Waals surface area contributed by atoms with E-state index in [-0.39, 0.29) is 22.8 Å². The maximum absolute atomic E-state index is 12.4. The van der Waals surface area contributed by atoms with E-state index in [2.05, 4.69) is 10.2 Å².